The second kappa shape index (κ2) is 6.23. The van der Waals surface area contributed by atoms with Crippen molar-refractivity contribution in [2.75, 3.05) is 24.6 Å². The lowest BCUT2D eigenvalue weighted by molar-refractivity contribution is -0.00556. The van der Waals surface area contributed by atoms with Crippen molar-refractivity contribution < 1.29 is 23.8 Å². The highest BCUT2D eigenvalue weighted by atomic mass is 19.1. The number of anilines is 1. The van der Waals surface area contributed by atoms with E-state index < -0.39 is 17.2 Å². The highest BCUT2D eigenvalue weighted by Crippen LogP contribution is 2.42. The van der Waals surface area contributed by atoms with Gasteiger partial charge in [0.15, 0.2) is 11.6 Å². The van der Waals surface area contributed by atoms with Gasteiger partial charge >= 0.3 is 5.97 Å². The van der Waals surface area contributed by atoms with Crippen molar-refractivity contribution in [3.05, 3.63) is 33.9 Å². The van der Waals surface area contributed by atoms with Gasteiger partial charge in [0.2, 0.25) is 5.43 Å². The minimum Gasteiger partial charge on any atom is -0.487 e. The Labute approximate surface area is 154 Å². The summed E-state index contributed by atoms with van der Waals surface area (Å²) >= 11 is 0. The van der Waals surface area contributed by atoms with Crippen LogP contribution in [0.5, 0.6) is 5.75 Å². The average Bonchev–Trinajstić information content (AvgIpc) is 2.58. The molecule has 0 spiro atoms. The van der Waals surface area contributed by atoms with Crippen LogP contribution < -0.4 is 15.1 Å². The van der Waals surface area contributed by atoms with Crippen molar-refractivity contribution in [2.45, 2.75) is 39.0 Å². The first-order valence-corrected chi connectivity index (χ1v) is 8.95. The number of carbonyl (C=O) groups is 1. The quantitative estimate of drug-likeness (QED) is 0.867. The summed E-state index contributed by atoms with van der Waals surface area (Å²) in [6.07, 6.45) is 1.18. The number of morpholine rings is 1. The van der Waals surface area contributed by atoms with Gasteiger partial charge in [0.05, 0.1) is 29.2 Å². The lowest BCUT2D eigenvalue weighted by atomic mass is 10.0. The van der Waals surface area contributed by atoms with Crippen molar-refractivity contribution in [1.82, 2.24) is 4.57 Å². The van der Waals surface area contributed by atoms with Crippen LogP contribution in [0.2, 0.25) is 0 Å². The fourth-order valence-corrected chi connectivity index (χ4v) is 4.02. The summed E-state index contributed by atoms with van der Waals surface area (Å²) < 4.78 is 28.4. The molecule has 0 radical (unpaired) electrons. The minimum atomic E-state index is -1.33. The fourth-order valence-electron chi connectivity index (χ4n) is 4.02. The Morgan fingerprint density at radius 3 is 2.56 bits per heavy atom. The van der Waals surface area contributed by atoms with Gasteiger partial charge in [-0.2, -0.15) is 0 Å². The van der Waals surface area contributed by atoms with Gasteiger partial charge in [-0.25, -0.2) is 9.18 Å². The molecule has 7 nitrogen and oxygen atoms in total. The van der Waals surface area contributed by atoms with E-state index in [1.54, 1.807) is 4.57 Å². The summed E-state index contributed by atoms with van der Waals surface area (Å²) in [4.78, 5) is 25.9. The van der Waals surface area contributed by atoms with E-state index in [1.807, 2.05) is 25.7 Å². The van der Waals surface area contributed by atoms with Gasteiger partial charge in [0.1, 0.15) is 17.9 Å². The molecule has 3 heterocycles. The zero-order chi connectivity index (χ0) is 19.5. The number of halogens is 1. The van der Waals surface area contributed by atoms with E-state index in [1.165, 1.54) is 6.20 Å². The molecule has 1 fully saturated rings. The summed E-state index contributed by atoms with van der Waals surface area (Å²) in [5, 5.41) is 9.36. The molecular weight excluding hydrogens is 355 g/mol. The third-order valence-electron chi connectivity index (χ3n) is 5.11. The third kappa shape index (κ3) is 2.75. The molecule has 2 aromatic rings. The molecular formula is C19H21FN2O5. The minimum absolute atomic E-state index is 0.0204. The number of ether oxygens (including phenoxy) is 2. The monoisotopic (exact) mass is 376 g/mol. The van der Waals surface area contributed by atoms with Crippen molar-refractivity contribution in [3.63, 3.8) is 0 Å². The van der Waals surface area contributed by atoms with Crippen molar-refractivity contribution >= 4 is 22.6 Å². The third-order valence-corrected chi connectivity index (χ3v) is 5.11. The maximum Gasteiger partial charge on any atom is 0.341 e. The molecule has 8 heteroatoms. The Bertz CT molecular complexity index is 992. The first kappa shape index (κ1) is 17.8. The number of hydrogen-bond acceptors (Lipinski definition) is 5. The molecule has 0 saturated carbocycles. The Hall–Kier alpha value is -2.61. The van der Waals surface area contributed by atoms with E-state index in [0.29, 0.717) is 30.0 Å². The first-order valence-electron chi connectivity index (χ1n) is 8.95. The number of nitrogens with zero attached hydrogens (tertiary/aromatic N) is 2. The fraction of sp³-hybridized carbons (Fsp3) is 0.474. The molecule has 2 aliphatic heterocycles. The van der Waals surface area contributed by atoms with Crippen LogP contribution in [0.25, 0.3) is 10.9 Å². The van der Waals surface area contributed by atoms with Gasteiger partial charge in [-0.3, -0.25) is 4.79 Å². The zero-order valence-corrected chi connectivity index (χ0v) is 15.4. The second-order valence-electron chi connectivity index (χ2n) is 7.34. The van der Waals surface area contributed by atoms with Gasteiger partial charge in [-0.1, -0.05) is 0 Å². The molecule has 0 bridgehead atoms. The summed E-state index contributed by atoms with van der Waals surface area (Å²) in [6.45, 7) is 6.96. The van der Waals surface area contributed by atoms with Crippen LogP contribution in [0.1, 0.15) is 37.2 Å². The summed E-state index contributed by atoms with van der Waals surface area (Å²) in [5.74, 6) is -1.64. The van der Waals surface area contributed by atoms with Gasteiger partial charge in [0.25, 0.3) is 0 Å². The van der Waals surface area contributed by atoms with Gasteiger partial charge < -0.3 is 24.0 Å². The molecule has 144 valence electrons. The highest BCUT2D eigenvalue weighted by molar-refractivity contribution is 5.97. The lowest BCUT2D eigenvalue weighted by Gasteiger charge is -2.39. The molecule has 3 atom stereocenters. The van der Waals surface area contributed by atoms with Gasteiger partial charge in [0, 0.05) is 19.3 Å². The lowest BCUT2D eigenvalue weighted by Crippen LogP contribution is -2.46. The number of aromatic nitrogens is 1. The van der Waals surface area contributed by atoms with Crippen LogP contribution >= 0.6 is 0 Å². The van der Waals surface area contributed by atoms with Gasteiger partial charge in [-0.15, -0.1) is 0 Å². The molecule has 1 aromatic carbocycles. The molecule has 1 N–H and O–H groups in total. The van der Waals surface area contributed by atoms with E-state index in [0.717, 1.165) is 6.07 Å². The summed E-state index contributed by atoms with van der Waals surface area (Å²) in [7, 11) is 0. The topological polar surface area (TPSA) is 81.0 Å². The number of benzene rings is 1. The Kier molecular flexibility index (Phi) is 4.10. The first-order chi connectivity index (χ1) is 12.8. The maximum atomic E-state index is 15.1. The predicted molar refractivity (Wildman–Crippen MR) is 97.6 cm³/mol. The highest BCUT2D eigenvalue weighted by Gasteiger charge is 2.32. The number of carboxylic acids is 1. The normalized spacial score (nSPS) is 24.7. The maximum absolute atomic E-state index is 15.1. The molecule has 0 amide bonds. The molecule has 1 saturated heterocycles. The molecule has 4 rings (SSSR count). The number of pyridine rings is 1. The Balaban J connectivity index is 2.02. The number of hydrogen-bond donors (Lipinski definition) is 1. The van der Waals surface area contributed by atoms with E-state index in [4.69, 9.17) is 9.47 Å². The Morgan fingerprint density at radius 2 is 1.93 bits per heavy atom. The SMILES string of the molecule is CC1CN(c2c(F)cc3c(=O)c(C(=O)O)cn4c3c2OC[C@@H]4C)CC(C)O1. The van der Waals surface area contributed by atoms with E-state index in [2.05, 4.69) is 0 Å². The summed E-state index contributed by atoms with van der Waals surface area (Å²) in [6, 6.07) is 0.950. The van der Waals surface area contributed by atoms with Crippen LogP contribution in [-0.2, 0) is 4.74 Å². The average molecular weight is 376 g/mol. The van der Waals surface area contributed by atoms with Gasteiger partial charge in [-0.05, 0) is 26.8 Å². The molecule has 0 aliphatic carbocycles. The van der Waals surface area contributed by atoms with Crippen LogP contribution in [-0.4, -0.2) is 47.5 Å². The van der Waals surface area contributed by atoms with Crippen LogP contribution in [0.15, 0.2) is 17.1 Å². The summed E-state index contributed by atoms with van der Waals surface area (Å²) in [5.41, 5.74) is -0.343. The largest absolute Gasteiger partial charge is 0.487 e. The Morgan fingerprint density at radius 1 is 1.26 bits per heavy atom. The molecule has 27 heavy (non-hydrogen) atoms. The van der Waals surface area contributed by atoms with E-state index in [-0.39, 0.29) is 35.8 Å². The number of carboxylic acid groups (broad SMARTS) is 1. The van der Waals surface area contributed by atoms with Crippen molar-refractivity contribution in [1.29, 1.82) is 0 Å². The number of aromatic carboxylic acids is 1. The van der Waals surface area contributed by atoms with Crippen LogP contribution in [0, 0.1) is 5.82 Å². The second-order valence-corrected chi connectivity index (χ2v) is 7.34. The number of rotatable bonds is 2. The van der Waals surface area contributed by atoms with E-state index >= 15 is 4.39 Å². The molecule has 1 aromatic heterocycles. The molecule has 2 unspecified atom stereocenters. The molecule has 2 aliphatic rings. The van der Waals surface area contributed by atoms with Crippen molar-refractivity contribution in [2.24, 2.45) is 0 Å². The predicted octanol–water partition coefficient (Wildman–Crippen LogP) is 2.41. The zero-order valence-electron chi connectivity index (χ0n) is 15.4. The van der Waals surface area contributed by atoms with Crippen LogP contribution in [0.4, 0.5) is 10.1 Å². The van der Waals surface area contributed by atoms with Crippen LogP contribution in [0.3, 0.4) is 0 Å². The van der Waals surface area contributed by atoms with E-state index in [9.17, 15) is 14.7 Å². The smallest absolute Gasteiger partial charge is 0.341 e. The standard InChI is InChI=1S/C19H21FN2O5/c1-9-8-26-18-15-12(17(23)13(19(24)25)7-22(9)15)4-14(20)16(18)21-5-10(2)27-11(3)6-21/h4,7,9-11H,5-6,8H2,1-3H3,(H,24,25)/t9-,10?,11?/m0/s1. The van der Waals surface area contributed by atoms with Crippen molar-refractivity contribution in [3.8, 4) is 5.75 Å².